The van der Waals surface area contributed by atoms with Crippen molar-refractivity contribution in [3.63, 3.8) is 0 Å². The third-order valence-electron chi connectivity index (χ3n) is 2.66. The van der Waals surface area contributed by atoms with Gasteiger partial charge in [0.2, 0.25) is 0 Å². The van der Waals surface area contributed by atoms with Crippen molar-refractivity contribution in [2.75, 3.05) is 24.3 Å². The van der Waals surface area contributed by atoms with E-state index in [1.807, 2.05) is 6.07 Å². The average Bonchev–Trinajstić information content (AvgIpc) is 2.46. The van der Waals surface area contributed by atoms with Crippen molar-refractivity contribution in [1.82, 2.24) is 9.97 Å². The van der Waals surface area contributed by atoms with E-state index in [9.17, 15) is 4.79 Å². The summed E-state index contributed by atoms with van der Waals surface area (Å²) >= 11 is 0. The first kappa shape index (κ1) is 12.0. The zero-order chi connectivity index (χ0) is 13.0. The number of rotatable bonds is 3. The highest BCUT2D eigenvalue weighted by Crippen LogP contribution is 2.18. The molecule has 0 saturated heterocycles. The van der Waals surface area contributed by atoms with Crippen molar-refractivity contribution in [2.45, 2.75) is 0 Å². The molecule has 2 heterocycles. The third kappa shape index (κ3) is 2.29. The van der Waals surface area contributed by atoms with Crippen LogP contribution in [0.3, 0.4) is 0 Å². The summed E-state index contributed by atoms with van der Waals surface area (Å²) < 4.78 is 0. The number of carbonyl (C=O) groups excluding carboxylic acids is 1. The summed E-state index contributed by atoms with van der Waals surface area (Å²) in [5.41, 5.74) is 2.03. The molecule has 1 N–H and O–H groups in total. The van der Waals surface area contributed by atoms with Gasteiger partial charge in [0.1, 0.15) is 0 Å². The summed E-state index contributed by atoms with van der Waals surface area (Å²) in [4.78, 5) is 21.9. The quantitative estimate of drug-likeness (QED) is 0.891. The zero-order valence-electron chi connectivity index (χ0n) is 10.3. The molecule has 0 unspecified atom stereocenters. The van der Waals surface area contributed by atoms with Crippen LogP contribution in [0.2, 0.25) is 0 Å². The fourth-order valence-electron chi connectivity index (χ4n) is 1.63. The van der Waals surface area contributed by atoms with E-state index in [0.717, 1.165) is 11.4 Å². The molecule has 0 saturated carbocycles. The van der Waals surface area contributed by atoms with Gasteiger partial charge in [-0.3, -0.25) is 14.8 Å². The Kier molecular flexibility index (Phi) is 3.52. The largest absolute Gasteiger partial charge is 0.387 e. The van der Waals surface area contributed by atoms with Gasteiger partial charge < -0.3 is 10.2 Å². The molecule has 0 aliphatic rings. The molecule has 18 heavy (non-hydrogen) atoms. The van der Waals surface area contributed by atoms with Crippen LogP contribution in [0.25, 0.3) is 0 Å². The van der Waals surface area contributed by atoms with E-state index in [2.05, 4.69) is 15.3 Å². The Balaban J connectivity index is 2.32. The van der Waals surface area contributed by atoms with Crippen LogP contribution in [0, 0.1) is 0 Å². The molecule has 5 heteroatoms. The van der Waals surface area contributed by atoms with Gasteiger partial charge in [0, 0.05) is 38.4 Å². The highest BCUT2D eigenvalue weighted by atomic mass is 16.2. The summed E-state index contributed by atoms with van der Waals surface area (Å²) in [5, 5.41) is 2.98. The molecule has 0 radical (unpaired) electrons. The van der Waals surface area contributed by atoms with Crippen LogP contribution >= 0.6 is 0 Å². The van der Waals surface area contributed by atoms with Gasteiger partial charge in [0.15, 0.2) is 0 Å². The molecule has 2 rings (SSSR count). The number of aromatic nitrogens is 2. The number of hydrogen-bond donors (Lipinski definition) is 1. The van der Waals surface area contributed by atoms with Crippen molar-refractivity contribution in [1.29, 1.82) is 0 Å². The Morgan fingerprint density at radius 2 is 2.00 bits per heavy atom. The lowest BCUT2D eigenvalue weighted by Crippen LogP contribution is -2.27. The van der Waals surface area contributed by atoms with Gasteiger partial charge in [-0.05, 0) is 18.2 Å². The molecule has 2 aromatic rings. The van der Waals surface area contributed by atoms with Crippen molar-refractivity contribution in [2.24, 2.45) is 0 Å². The fourth-order valence-corrected chi connectivity index (χ4v) is 1.63. The minimum absolute atomic E-state index is 0.125. The van der Waals surface area contributed by atoms with E-state index < -0.39 is 0 Å². The van der Waals surface area contributed by atoms with Gasteiger partial charge in [-0.25, -0.2) is 0 Å². The molecular formula is C13H14N4O. The Morgan fingerprint density at radius 3 is 2.67 bits per heavy atom. The van der Waals surface area contributed by atoms with Gasteiger partial charge in [-0.2, -0.15) is 0 Å². The molecule has 92 valence electrons. The SMILES string of the molecule is CNc1ccncc1C(=O)N(C)c1cccnc1. The number of anilines is 2. The lowest BCUT2D eigenvalue weighted by atomic mass is 10.2. The van der Waals surface area contributed by atoms with Gasteiger partial charge in [-0.1, -0.05) is 0 Å². The van der Waals surface area contributed by atoms with Crippen LogP contribution in [0.5, 0.6) is 0 Å². The van der Waals surface area contributed by atoms with Crippen LogP contribution in [0.4, 0.5) is 11.4 Å². The summed E-state index contributed by atoms with van der Waals surface area (Å²) in [7, 11) is 3.49. The second-order valence-electron chi connectivity index (χ2n) is 3.75. The first-order chi connectivity index (χ1) is 8.74. The molecular weight excluding hydrogens is 228 g/mol. The third-order valence-corrected chi connectivity index (χ3v) is 2.66. The normalized spacial score (nSPS) is 9.89. The number of pyridine rings is 2. The average molecular weight is 242 g/mol. The van der Waals surface area contributed by atoms with E-state index in [4.69, 9.17) is 0 Å². The zero-order valence-corrected chi connectivity index (χ0v) is 10.3. The molecule has 0 fully saturated rings. The standard InChI is InChI=1S/C13H14N4O/c1-14-12-5-7-16-9-11(12)13(18)17(2)10-4-3-6-15-8-10/h3-9H,1-2H3,(H,14,16). The van der Waals surface area contributed by atoms with Gasteiger partial charge in [0.05, 0.1) is 17.4 Å². The van der Waals surface area contributed by atoms with Crippen LogP contribution in [-0.2, 0) is 0 Å². The Labute approximate surface area is 105 Å². The molecule has 0 aromatic carbocycles. The molecule has 0 aliphatic carbocycles. The first-order valence-corrected chi connectivity index (χ1v) is 5.54. The maximum atomic E-state index is 12.3. The molecule has 0 bridgehead atoms. The van der Waals surface area contributed by atoms with Gasteiger partial charge in [0.25, 0.3) is 5.91 Å². The predicted molar refractivity (Wildman–Crippen MR) is 70.8 cm³/mol. The Hall–Kier alpha value is -2.43. The number of amides is 1. The summed E-state index contributed by atoms with van der Waals surface area (Å²) in [6, 6.07) is 5.39. The lowest BCUT2D eigenvalue weighted by molar-refractivity contribution is 0.0993. The molecule has 1 amide bonds. The van der Waals surface area contributed by atoms with Crippen LogP contribution < -0.4 is 10.2 Å². The molecule has 5 nitrogen and oxygen atoms in total. The van der Waals surface area contributed by atoms with Crippen LogP contribution in [0.1, 0.15) is 10.4 Å². The van der Waals surface area contributed by atoms with E-state index >= 15 is 0 Å². The van der Waals surface area contributed by atoms with Crippen LogP contribution in [-0.4, -0.2) is 30.0 Å². The van der Waals surface area contributed by atoms with E-state index in [0.29, 0.717) is 5.56 Å². The molecule has 0 spiro atoms. The topological polar surface area (TPSA) is 58.1 Å². The van der Waals surface area contributed by atoms with Gasteiger partial charge in [-0.15, -0.1) is 0 Å². The monoisotopic (exact) mass is 242 g/mol. The Morgan fingerprint density at radius 1 is 1.22 bits per heavy atom. The Bertz CT molecular complexity index is 542. The van der Waals surface area contributed by atoms with E-state index in [-0.39, 0.29) is 5.91 Å². The van der Waals surface area contributed by atoms with E-state index in [1.54, 1.807) is 55.9 Å². The maximum absolute atomic E-state index is 12.3. The minimum Gasteiger partial charge on any atom is -0.387 e. The predicted octanol–water partition coefficient (Wildman–Crippen LogP) is 1.79. The second kappa shape index (κ2) is 5.27. The van der Waals surface area contributed by atoms with Crippen molar-refractivity contribution < 1.29 is 4.79 Å². The van der Waals surface area contributed by atoms with E-state index in [1.165, 1.54) is 0 Å². The number of hydrogen-bond acceptors (Lipinski definition) is 4. The highest BCUT2D eigenvalue weighted by Gasteiger charge is 2.16. The summed E-state index contributed by atoms with van der Waals surface area (Å²) in [5.74, 6) is -0.125. The molecule has 0 aliphatic heterocycles. The number of nitrogens with one attached hydrogen (secondary N) is 1. The fraction of sp³-hybridized carbons (Fsp3) is 0.154. The van der Waals surface area contributed by atoms with Crippen molar-refractivity contribution in [3.8, 4) is 0 Å². The molecule has 2 aromatic heterocycles. The number of carbonyl (C=O) groups is 1. The first-order valence-electron chi connectivity index (χ1n) is 5.54. The number of nitrogens with zero attached hydrogens (tertiary/aromatic N) is 3. The van der Waals surface area contributed by atoms with Crippen molar-refractivity contribution in [3.05, 3.63) is 48.5 Å². The smallest absolute Gasteiger partial charge is 0.261 e. The van der Waals surface area contributed by atoms with Crippen LogP contribution in [0.15, 0.2) is 43.0 Å². The summed E-state index contributed by atoms with van der Waals surface area (Å²) in [6.45, 7) is 0. The lowest BCUT2D eigenvalue weighted by Gasteiger charge is -2.18. The maximum Gasteiger partial charge on any atom is 0.261 e. The minimum atomic E-state index is -0.125. The molecule has 0 atom stereocenters. The second-order valence-corrected chi connectivity index (χ2v) is 3.75. The van der Waals surface area contributed by atoms with Crippen molar-refractivity contribution >= 4 is 17.3 Å². The summed E-state index contributed by atoms with van der Waals surface area (Å²) in [6.07, 6.45) is 6.52. The highest BCUT2D eigenvalue weighted by molar-refractivity contribution is 6.08. The van der Waals surface area contributed by atoms with Gasteiger partial charge >= 0.3 is 0 Å².